The van der Waals surface area contributed by atoms with Gasteiger partial charge in [-0.15, -0.1) is 0 Å². The Bertz CT molecular complexity index is 1510. The monoisotopic (exact) mass is 653 g/mol. The minimum atomic E-state index is -0.811. The summed E-state index contributed by atoms with van der Waals surface area (Å²) < 4.78 is 12.2. The van der Waals surface area contributed by atoms with Gasteiger partial charge in [0.25, 0.3) is 17.7 Å². The first-order chi connectivity index (χ1) is 19.0. The molecule has 3 aromatic carbocycles. The SMILES string of the molecule is CCOc1cc(/C=C2\C(=O)NC(=O)N(c3cc(C)cc(C)c3)C2=O)cc(I)c1OCC(=O)Nc1ccc(C)cc1. The summed E-state index contributed by atoms with van der Waals surface area (Å²) >= 11 is 2.04. The number of rotatable bonds is 8. The summed E-state index contributed by atoms with van der Waals surface area (Å²) in [5.74, 6) is -1.17. The van der Waals surface area contributed by atoms with Crippen LogP contribution in [0.2, 0.25) is 0 Å². The van der Waals surface area contributed by atoms with Gasteiger partial charge in [-0.3, -0.25) is 19.7 Å². The summed E-state index contributed by atoms with van der Waals surface area (Å²) in [4.78, 5) is 52.1. The van der Waals surface area contributed by atoms with Crippen molar-refractivity contribution in [2.75, 3.05) is 23.4 Å². The van der Waals surface area contributed by atoms with Gasteiger partial charge in [-0.1, -0.05) is 23.8 Å². The maximum Gasteiger partial charge on any atom is 0.335 e. The highest BCUT2D eigenvalue weighted by molar-refractivity contribution is 14.1. The Hall–Kier alpha value is -4.19. The van der Waals surface area contributed by atoms with Crippen LogP contribution in [0.15, 0.2) is 60.2 Å². The normalized spacial score (nSPS) is 14.3. The number of imide groups is 2. The molecule has 0 atom stereocenters. The number of nitrogens with zero attached hydrogens (tertiary/aromatic N) is 1. The molecule has 9 nitrogen and oxygen atoms in total. The lowest BCUT2D eigenvalue weighted by Crippen LogP contribution is -2.54. The lowest BCUT2D eigenvalue weighted by Gasteiger charge is -2.27. The van der Waals surface area contributed by atoms with Gasteiger partial charge in [0.15, 0.2) is 18.1 Å². The lowest BCUT2D eigenvalue weighted by molar-refractivity contribution is -0.122. The molecule has 0 aromatic heterocycles. The van der Waals surface area contributed by atoms with E-state index in [-0.39, 0.29) is 18.1 Å². The minimum absolute atomic E-state index is 0.205. The van der Waals surface area contributed by atoms with E-state index in [1.54, 1.807) is 31.2 Å². The number of benzene rings is 3. The summed E-state index contributed by atoms with van der Waals surface area (Å²) in [5, 5.41) is 5.03. The molecular formula is C30H28IN3O6. The fraction of sp³-hybridized carbons (Fsp3) is 0.200. The molecule has 1 aliphatic heterocycles. The molecule has 0 spiro atoms. The molecule has 1 saturated heterocycles. The first kappa shape index (κ1) is 28.8. The van der Waals surface area contributed by atoms with Gasteiger partial charge in [-0.05, 0) is 109 Å². The second kappa shape index (κ2) is 12.3. The van der Waals surface area contributed by atoms with Crippen molar-refractivity contribution in [1.29, 1.82) is 0 Å². The average Bonchev–Trinajstić information content (AvgIpc) is 2.87. The van der Waals surface area contributed by atoms with Crippen molar-refractivity contribution < 1.29 is 28.7 Å². The van der Waals surface area contributed by atoms with Crippen LogP contribution in [0.5, 0.6) is 11.5 Å². The highest BCUT2D eigenvalue weighted by Crippen LogP contribution is 2.35. The summed E-state index contributed by atoms with van der Waals surface area (Å²) in [7, 11) is 0. The molecule has 40 heavy (non-hydrogen) atoms. The largest absolute Gasteiger partial charge is 0.490 e. The second-order valence-electron chi connectivity index (χ2n) is 9.27. The number of anilines is 2. The van der Waals surface area contributed by atoms with Crippen molar-refractivity contribution in [3.05, 3.63) is 86.0 Å². The summed E-state index contributed by atoms with van der Waals surface area (Å²) in [6.45, 7) is 7.55. The number of ether oxygens (including phenoxy) is 2. The van der Waals surface area contributed by atoms with Crippen LogP contribution in [0, 0.1) is 24.3 Å². The van der Waals surface area contributed by atoms with E-state index in [0.717, 1.165) is 21.6 Å². The van der Waals surface area contributed by atoms with E-state index in [9.17, 15) is 19.2 Å². The van der Waals surface area contributed by atoms with Gasteiger partial charge < -0.3 is 14.8 Å². The van der Waals surface area contributed by atoms with Crippen molar-refractivity contribution in [1.82, 2.24) is 5.32 Å². The quantitative estimate of drug-likeness (QED) is 0.194. The lowest BCUT2D eigenvalue weighted by atomic mass is 10.0. The molecule has 4 rings (SSSR count). The number of nitrogens with one attached hydrogen (secondary N) is 2. The molecule has 0 radical (unpaired) electrons. The Morgan fingerprint density at radius 1 is 0.950 bits per heavy atom. The third-order valence-electron chi connectivity index (χ3n) is 5.89. The Labute approximate surface area is 245 Å². The summed E-state index contributed by atoms with van der Waals surface area (Å²) in [6, 6.07) is 15.2. The van der Waals surface area contributed by atoms with Crippen LogP contribution in [-0.4, -0.2) is 37.0 Å². The predicted octanol–water partition coefficient (Wildman–Crippen LogP) is 5.30. The van der Waals surface area contributed by atoms with Gasteiger partial charge in [0, 0.05) is 5.69 Å². The minimum Gasteiger partial charge on any atom is -0.490 e. The van der Waals surface area contributed by atoms with E-state index in [4.69, 9.17) is 9.47 Å². The number of hydrogen-bond donors (Lipinski definition) is 2. The van der Waals surface area contributed by atoms with Gasteiger partial charge in [0.05, 0.1) is 15.9 Å². The fourth-order valence-corrected chi connectivity index (χ4v) is 4.97. The van der Waals surface area contributed by atoms with Crippen molar-refractivity contribution >= 4 is 63.8 Å². The topological polar surface area (TPSA) is 114 Å². The third-order valence-corrected chi connectivity index (χ3v) is 6.69. The zero-order valence-electron chi connectivity index (χ0n) is 22.5. The molecule has 3 aromatic rings. The fourth-order valence-electron chi connectivity index (χ4n) is 4.18. The van der Waals surface area contributed by atoms with Crippen molar-refractivity contribution in [2.45, 2.75) is 27.7 Å². The van der Waals surface area contributed by atoms with Crippen LogP contribution in [0.25, 0.3) is 6.08 Å². The van der Waals surface area contributed by atoms with Crippen LogP contribution in [0.1, 0.15) is 29.2 Å². The van der Waals surface area contributed by atoms with Gasteiger partial charge >= 0.3 is 6.03 Å². The van der Waals surface area contributed by atoms with Gasteiger partial charge in [-0.25, -0.2) is 9.69 Å². The molecule has 1 fully saturated rings. The second-order valence-corrected chi connectivity index (χ2v) is 10.4. The number of carbonyl (C=O) groups excluding carboxylic acids is 4. The molecule has 0 aliphatic carbocycles. The van der Waals surface area contributed by atoms with E-state index in [0.29, 0.717) is 38.6 Å². The Morgan fingerprint density at radius 2 is 1.62 bits per heavy atom. The van der Waals surface area contributed by atoms with Crippen LogP contribution < -0.4 is 25.0 Å². The van der Waals surface area contributed by atoms with E-state index >= 15 is 0 Å². The van der Waals surface area contributed by atoms with Crippen LogP contribution in [0.3, 0.4) is 0 Å². The first-order valence-corrected chi connectivity index (χ1v) is 13.6. The van der Waals surface area contributed by atoms with Crippen molar-refractivity contribution in [3.63, 3.8) is 0 Å². The Kier molecular flexibility index (Phi) is 8.88. The highest BCUT2D eigenvalue weighted by Gasteiger charge is 2.37. The Balaban J connectivity index is 1.59. The van der Waals surface area contributed by atoms with Crippen LogP contribution >= 0.6 is 22.6 Å². The zero-order valence-corrected chi connectivity index (χ0v) is 24.6. The van der Waals surface area contributed by atoms with E-state index in [1.807, 2.05) is 73.7 Å². The number of amides is 5. The predicted molar refractivity (Wildman–Crippen MR) is 161 cm³/mol. The maximum absolute atomic E-state index is 13.4. The van der Waals surface area contributed by atoms with E-state index in [1.165, 1.54) is 6.08 Å². The Morgan fingerprint density at radius 3 is 2.27 bits per heavy atom. The molecular weight excluding hydrogens is 625 g/mol. The number of hydrogen-bond acceptors (Lipinski definition) is 6. The molecule has 5 amide bonds. The molecule has 1 heterocycles. The van der Waals surface area contributed by atoms with Gasteiger partial charge in [0.2, 0.25) is 0 Å². The number of barbiturate groups is 1. The standard InChI is InChI=1S/C30H28IN3O6/c1-5-39-25-15-20(14-24(31)27(25)40-16-26(35)32-21-8-6-17(2)7-9-21)13-23-28(36)33-30(38)34(29(23)37)22-11-18(3)10-19(4)12-22/h6-15H,5,16H2,1-4H3,(H,32,35)(H,33,36,38)/b23-13+. The summed E-state index contributed by atoms with van der Waals surface area (Å²) in [5.41, 5.74) is 4.13. The molecule has 0 bridgehead atoms. The number of carbonyl (C=O) groups is 4. The molecule has 10 heteroatoms. The van der Waals surface area contributed by atoms with Crippen molar-refractivity contribution in [2.24, 2.45) is 0 Å². The van der Waals surface area contributed by atoms with Gasteiger partial charge in [0.1, 0.15) is 5.57 Å². The van der Waals surface area contributed by atoms with E-state index in [2.05, 4.69) is 10.6 Å². The van der Waals surface area contributed by atoms with Crippen LogP contribution in [0.4, 0.5) is 16.2 Å². The van der Waals surface area contributed by atoms with Crippen molar-refractivity contribution in [3.8, 4) is 11.5 Å². The number of urea groups is 1. The highest BCUT2D eigenvalue weighted by atomic mass is 127. The molecule has 0 unspecified atom stereocenters. The molecule has 1 aliphatic rings. The average molecular weight is 653 g/mol. The van der Waals surface area contributed by atoms with Gasteiger partial charge in [-0.2, -0.15) is 0 Å². The maximum atomic E-state index is 13.4. The third kappa shape index (κ3) is 6.68. The van der Waals surface area contributed by atoms with E-state index < -0.39 is 17.8 Å². The molecule has 2 N–H and O–H groups in total. The molecule has 0 saturated carbocycles. The number of aryl methyl sites for hydroxylation is 3. The molecule has 206 valence electrons. The van der Waals surface area contributed by atoms with Crippen LogP contribution in [-0.2, 0) is 14.4 Å². The summed E-state index contributed by atoms with van der Waals surface area (Å²) in [6.07, 6.45) is 1.40. The smallest absolute Gasteiger partial charge is 0.335 e. The zero-order chi connectivity index (χ0) is 29.0. The first-order valence-electron chi connectivity index (χ1n) is 12.5. The number of halogens is 1.